The van der Waals surface area contributed by atoms with Crippen molar-refractivity contribution >= 4 is 36.0 Å². The molecular formula is C16H13IN2O3S. The molecule has 1 saturated heterocycles. The minimum Gasteiger partial charge on any atom is -0.374 e. The van der Waals surface area contributed by atoms with E-state index in [1.54, 1.807) is 11.0 Å². The summed E-state index contributed by atoms with van der Waals surface area (Å²) in [7, 11) is 1.31. The Hall–Kier alpha value is -1.50. The van der Waals surface area contributed by atoms with E-state index in [1.807, 2.05) is 51.5 Å². The molecule has 0 spiro atoms. The van der Waals surface area contributed by atoms with Gasteiger partial charge in [0.1, 0.15) is 11.5 Å². The van der Waals surface area contributed by atoms with Crippen molar-refractivity contribution in [3.8, 4) is 22.4 Å². The molecule has 1 fully saturated rings. The smallest absolute Gasteiger partial charge is 0.230 e. The maximum Gasteiger partial charge on any atom is 0.230 e. The number of amides is 1. The second-order valence-electron chi connectivity index (χ2n) is 5.31. The van der Waals surface area contributed by atoms with E-state index in [1.165, 1.54) is 8.93 Å². The molecule has 23 heavy (non-hydrogen) atoms. The van der Waals surface area contributed by atoms with Crippen LogP contribution in [0.25, 0.3) is 11.3 Å². The second kappa shape index (κ2) is 6.95. The molecule has 1 aromatic heterocycles. The lowest BCUT2D eigenvalue weighted by molar-refractivity contribution is -0.146. The molecule has 3 rings (SSSR count). The molecule has 1 aliphatic rings. The Labute approximate surface area is 150 Å². The van der Waals surface area contributed by atoms with Crippen LogP contribution in [0.1, 0.15) is 5.76 Å². The number of aromatic nitrogens is 1. The molecule has 0 atom stereocenters. The fourth-order valence-electron chi connectivity index (χ4n) is 2.36. The van der Waals surface area contributed by atoms with Crippen molar-refractivity contribution in [2.45, 2.75) is 12.0 Å². The van der Waals surface area contributed by atoms with Gasteiger partial charge in [-0.15, -0.1) is 0 Å². The van der Waals surface area contributed by atoms with E-state index in [4.69, 9.17) is 4.52 Å². The van der Waals surface area contributed by atoms with Crippen molar-refractivity contribution in [1.29, 1.82) is 0 Å². The lowest BCUT2D eigenvalue weighted by atomic mass is 9.95. The Kier molecular flexibility index (Phi) is 4.94. The predicted molar refractivity (Wildman–Crippen MR) is 96.6 cm³/mol. The zero-order valence-corrected chi connectivity index (χ0v) is 15.0. The third-order valence-corrected chi connectivity index (χ3v) is 4.37. The van der Waals surface area contributed by atoms with Crippen molar-refractivity contribution in [2.24, 2.45) is 0 Å². The van der Waals surface area contributed by atoms with Crippen molar-refractivity contribution in [1.82, 2.24) is 10.1 Å². The molecule has 1 aromatic carbocycles. The SMILES string of the molecule is O=C(Cc1cc(-c2ccccc2)no1)N1CC(O)(C#CSI)C1. The molecule has 0 bridgehead atoms. The number of benzene rings is 1. The quantitative estimate of drug-likeness (QED) is 0.587. The first-order valence-corrected chi connectivity index (χ1v) is 10.3. The maximum atomic E-state index is 12.2. The van der Waals surface area contributed by atoms with Gasteiger partial charge in [0.2, 0.25) is 5.91 Å². The standard InChI is InChI=1S/C16H13IN2O3S/c17-23-7-6-16(21)10-19(11-16)15(20)9-13-8-14(18-22-13)12-4-2-1-3-5-12/h1-5,8,21H,9-11H2. The normalized spacial score (nSPS) is 15.5. The van der Waals surface area contributed by atoms with Gasteiger partial charge in [-0.2, -0.15) is 0 Å². The number of β-amino-alcohol motifs (C(OH)–C–C–N with tert-alkyl or cyclic N) is 1. The minimum atomic E-state index is -1.08. The third kappa shape index (κ3) is 3.88. The average Bonchev–Trinajstić information content (AvgIpc) is 2.99. The molecule has 1 amide bonds. The summed E-state index contributed by atoms with van der Waals surface area (Å²) in [6, 6.07) is 11.4. The van der Waals surface area contributed by atoms with Crippen LogP contribution in [-0.4, -0.2) is 39.8 Å². The van der Waals surface area contributed by atoms with Crippen LogP contribution in [0.4, 0.5) is 0 Å². The van der Waals surface area contributed by atoms with Gasteiger partial charge in [0.05, 0.1) is 19.5 Å². The fraction of sp³-hybridized carbons (Fsp3) is 0.250. The summed E-state index contributed by atoms with van der Waals surface area (Å²) in [4.78, 5) is 13.7. The van der Waals surface area contributed by atoms with Gasteiger partial charge in [-0.1, -0.05) is 41.4 Å². The van der Waals surface area contributed by atoms with Gasteiger partial charge in [0.25, 0.3) is 0 Å². The van der Waals surface area contributed by atoms with E-state index in [0.29, 0.717) is 11.5 Å². The largest absolute Gasteiger partial charge is 0.374 e. The summed E-state index contributed by atoms with van der Waals surface area (Å²) >= 11 is 2.04. The van der Waals surface area contributed by atoms with Gasteiger partial charge in [-0.25, -0.2) is 0 Å². The van der Waals surface area contributed by atoms with Crippen molar-refractivity contribution < 1.29 is 14.4 Å². The van der Waals surface area contributed by atoms with Crippen LogP contribution in [-0.2, 0) is 11.2 Å². The lowest BCUT2D eigenvalue weighted by Crippen LogP contribution is -2.63. The van der Waals surface area contributed by atoms with Gasteiger partial charge in [-0.05, 0) is 14.2 Å². The molecule has 1 N–H and O–H groups in total. The van der Waals surface area contributed by atoms with Crippen LogP contribution in [0.15, 0.2) is 40.9 Å². The van der Waals surface area contributed by atoms with Crippen molar-refractivity contribution in [3.05, 3.63) is 42.2 Å². The zero-order chi connectivity index (χ0) is 16.3. The number of carbonyl (C=O) groups is 1. The topological polar surface area (TPSA) is 66.6 Å². The molecule has 2 aromatic rings. The van der Waals surface area contributed by atoms with Crippen LogP contribution in [0.2, 0.25) is 0 Å². The summed E-state index contributed by atoms with van der Waals surface area (Å²) in [5.41, 5.74) is 0.572. The number of nitrogens with zero attached hydrogens (tertiary/aromatic N) is 2. The molecule has 0 saturated carbocycles. The number of aliphatic hydroxyl groups is 1. The van der Waals surface area contributed by atoms with E-state index in [-0.39, 0.29) is 25.4 Å². The molecule has 2 heterocycles. The van der Waals surface area contributed by atoms with Crippen LogP contribution < -0.4 is 0 Å². The molecule has 118 valence electrons. The van der Waals surface area contributed by atoms with Gasteiger partial charge in [-0.3, -0.25) is 4.79 Å². The van der Waals surface area contributed by atoms with Crippen LogP contribution >= 0.6 is 30.1 Å². The van der Waals surface area contributed by atoms with E-state index < -0.39 is 5.60 Å². The van der Waals surface area contributed by atoms with Crippen LogP contribution in [0, 0.1) is 11.2 Å². The molecule has 0 unspecified atom stereocenters. The average molecular weight is 440 g/mol. The number of halogens is 1. The molecular weight excluding hydrogens is 427 g/mol. The van der Waals surface area contributed by atoms with Gasteiger partial charge in [0, 0.05) is 32.8 Å². The van der Waals surface area contributed by atoms with E-state index >= 15 is 0 Å². The highest BCUT2D eigenvalue weighted by Crippen LogP contribution is 2.23. The Morgan fingerprint density at radius 1 is 1.43 bits per heavy atom. The monoisotopic (exact) mass is 440 g/mol. The highest BCUT2D eigenvalue weighted by Gasteiger charge is 2.42. The van der Waals surface area contributed by atoms with Gasteiger partial charge < -0.3 is 14.5 Å². The Balaban J connectivity index is 1.59. The molecule has 5 nitrogen and oxygen atoms in total. The number of carbonyl (C=O) groups excluding carboxylic acids is 1. The highest BCUT2D eigenvalue weighted by atomic mass is 127. The van der Waals surface area contributed by atoms with E-state index in [0.717, 1.165) is 5.56 Å². The summed E-state index contributed by atoms with van der Waals surface area (Å²) < 4.78 is 5.23. The Morgan fingerprint density at radius 3 is 2.87 bits per heavy atom. The predicted octanol–water partition coefficient (Wildman–Crippen LogP) is 2.50. The Morgan fingerprint density at radius 2 is 2.17 bits per heavy atom. The molecule has 0 aliphatic carbocycles. The molecule has 1 aliphatic heterocycles. The van der Waals surface area contributed by atoms with Crippen LogP contribution in [0.3, 0.4) is 0 Å². The maximum absolute atomic E-state index is 12.2. The van der Waals surface area contributed by atoms with Gasteiger partial charge >= 0.3 is 0 Å². The highest BCUT2D eigenvalue weighted by molar-refractivity contribution is 14.2. The minimum absolute atomic E-state index is 0.102. The summed E-state index contributed by atoms with van der Waals surface area (Å²) in [6.07, 6.45) is 0.129. The first kappa shape index (κ1) is 16.4. The first-order valence-electron chi connectivity index (χ1n) is 6.90. The molecule has 0 radical (unpaired) electrons. The van der Waals surface area contributed by atoms with Crippen LogP contribution in [0.5, 0.6) is 0 Å². The summed E-state index contributed by atoms with van der Waals surface area (Å²) in [5, 5.41) is 16.8. The fourth-order valence-corrected chi connectivity index (χ4v) is 2.92. The van der Waals surface area contributed by atoms with Gasteiger partial charge in [0.15, 0.2) is 5.60 Å². The number of hydrogen-bond acceptors (Lipinski definition) is 5. The van der Waals surface area contributed by atoms with E-state index in [9.17, 15) is 9.90 Å². The van der Waals surface area contributed by atoms with Crippen molar-refractivity contribution in [2.75, 3.05) is 13.1 Å². The lowest BCUT2D eigenvalue weighted by Gasteiger charge is -2.42. The number of likely N-dealkylation sites (tertiary alicyclic amines) is 1. The molecule has 7 heteroatoms. The summed E-state index contributed by atoms with van der Waals surface area (Å²) in [6.45, 7) is 0.464. The Bertz CT molecular complexity index is 760. The first-order chi connectivity index (χ1) is 11.1. The van der Waals surface area contributed by atoms with Crippen molar-refractivity contribution in [3.63, 3.8) is 0 Å². The number of rotatable bonds is 3. The third-order valence-electron chi connectivity index (χ3n) is 3.53. The second-order valence-corrected chi connectivity index (χ2v) is 6.99. The number of hydrogen-bond donors (Lipinski definition) is 1. The zero-order valence-electron chi connectivity index (χ0n) is 12.0. The summed E-state index contributed by atoms with van der Waals surface area (Å²) in [5.74, 6) is 3.16. The van der Waals surface area contributed by atoms with E-state index in [2.05, 4.69) is 16.3 Å².